The molecule has 1 aromatic rings. The topological polar surface area (TPSA) is 56.2 Å². The Morgan fingerprint density at radius 3 is 3.31 bits per heavy atom. The van der Waals surface area contributed by atoms with Crippen LogP contribution in [0.5, 0.6) is 5.88 Å². The Hall–Kier alpha value is -1.30. The minimum absolute atomic E-state index is 0.148. The fourth-order valence-electron chi connectivity index (χ4n) is 1.46. The Kier molecular flexibility index (Phi) is 3.28. The van der Waals surface area contributed by atoms with Crippen molar-refractivity contribution in [2.45, 2.75) is 25.1 Å². The molecule has 7 heteroatoms. The second kappa shape index (κ2) is 4.69. The molecule has 0 fully saturated rings. The van der Waals surface area contributed by atoms with Crippen LogP contribution in [0.1, 0.15) is 12.1 Å². The van der Waals surface area contributed by atoms with Crippen molar-refractivity contribution in [2.75, 3.05) is 6.61 Å². The molecule has 2 heterocycles. The number of carbonyl (C=O) groups excluding carboxylic acids is 1. The molecular formula is C9H11ClFN3O2. The van der Waals surface area contributed by atoms with Crippen molar-refractivity contribution < 1.29 is 13.9 Å². The average molecular weight is 248 g/mol. The molecule has 5 nitrogen and oxygen atoms in total. The molecule has 16 heavy (non-hydrogen) atoms. The summed E-state index contributed by atoms with van der Waals surface area (Å²) < 4.78 is 19.4. The van der Waals surface area contributed by atoms with Gasteiger partial charge in [0, 0.05) is 19.0 Å². The standard InChI is InChI=1S/C9H11ClFN3O2/c10-8(11)9(15)12-5-6-4-7-14(13-6)2-1-3-16-7/h4,8H,1-3,5H2,(H,12,15). The number of hydrogen-bond donors (Lipinski definition) is 1. The number of ether oxygens (including phenoxy) is 1. The number of aryl methyl sites for hydroxylation is 1. The van der Waals surface area contributed by atoms with E-state index in [1.165, 1.54) is 0 Å². The van der Waals surface area contributed by atoms with Crippen molar-refractivity contribution >= 4 is 17.5 Å². The first-order chi connectivity index (χ1) is 7.66. The maximum Gasteiger partial charge on any atom is 0.270 e. The summed E-state index contributed by atoms with van der Waals surface area (Å²) in [5.41, 5.74) is -1.39. The van der Waals surface area contributed by atoms with Gasteiger partial charge in [0.15, 0.2) is 0 Å². The van der Waals surface area contributed by atoms with Gasteiger partial charge in [-0.1, -0.05) is 11.6 Å². The first-order valence-electron chi connectivity index (χ1n) is 4.92. The number of alkyl halides is 2. The highest BCUT2D eigenvalue weighted by Crippen LogP contribution is 2.18. The van der Waals surface area contributed by atoms with Crippen LogP contribution in [0, 0.1) is 0 Å². The lowest BCUT2D eigenvalue weighted by Gasteiger charge is -2.13. The molecule has 0 aromatic carbocycles. The molecule has 0 spiro atoms. The minimum atomic E-state index is -2.02. The molecule has 1 atom stereocenters. The highest BCUT2D eigenvalue weighted by atomic mass is 35.5. The Morgan fingerprint density at radius 1 is 1.81 bits per heavy atom. The molecule has 0 radical (unpaired) electrons. The van der Waals surface area contributed by atoms with Crippen LogP contribution in [0.3, 0.4) is 0 Å². The highest BCUT2D eigenvalue weighted by molar-refractivity contribution is 6.29. The van der Waals surface area contributed by atoms with E-state index in [-0.39, 0.29) is 6.54 Å². The zero-order valence-electron chi connectivity index (χ0n) is 8.45. The summed E-state index contributed by atoms with van der Waals surface area (Å²) in [5, 5.41) is 6.52. The van der Waals surface area contributed by atoms with Crippen molar-refractivity contribution in [1.82, 2.24) is 15.1 Å². The number of fused-ring (bicyclic) bond motifs is 1. The number of hydrogen-bond acceptors (Lipinski definition) is 3. The van der Waals surface area contributed by atoms with Gasteiger partial charge in [-0.25, -0.2) is 9.07 Å². The third kappa shape index (κ3) is 2.44. The zero-order chi connectivity index (χ0) is 11.5. The lowest BCUT2D eigenvalue weighted by Crippen LogP contribution is -2.28. The summed E-state index contributed by atoms with van der Waals surface area (Å²) in [4.78, 5) is 10.9. The van der Waals surface area contributed by atoms with Crippen LogP contribution in [-0.4, -0.2) is 27.9 Å². The molecule has 1 aromatic heterocycles. The van der Waals surface area contributed by atoms with Crippen molar-refractivity contribution in [1.29, 1.82) is 0 Å². The van der Waals surface area contributed by atoms with Crippen LogP contribution in [0.15, 0.2) is 6.07 Å². The number of rotatable bonds is 3. The largest absolute Gasteiger partial charge is 0.478 e. The van der Waals surface area contributed by atoms with Crippen molar-refractivity contribution in [2.24, 2.45) is 0 Å². The number of carbonyl (C=O) groups is 1. The van der Waals surface area contributed by atoms with E-state index in [1.54, 1.807) is 10.7 Å². The molecule has 0 aliphatic carbocycles. The molecule has 1 unspecified atom stereocenters. The number of nitrogens with zero attached hydrogens (tertiary/aromatic N) is 2. The monoisotopic (exact) mass is 247 g/mol. The van der Waals surface area contributed by atoms with Crippen LogP contribution in [0.2, 0.25) is 0 Å². The van der Waals surface area contributed by atoms with Gasteiger partial charge >= 0.3 is 0 Å². The average Bonchev–Trinajstić information content (AvgIpc) is 2.68. The number of aromatic nitrogens is 2. The maximum absolute atomic E-state index is 12.3. The van der Waals surface area contributed by atoms with Gasteiger partial charge < -0.3 is 10.1 Å². The van der Waals surface area contributed by atoms with E-state index in [0.717, 1.165) is 13.0 Å². The van der Waals surface area contributed by atoms with Crippen LogP contribution in [0.25, 0.3) is 0 Å². The second-order valence-corrected chi connectivity index (χ2v) is 3.80. The van der Waals surface area contributed by atoms with Gasteiger partial charge in [0.1, 0.15) is 0 Å². The fourth-order valence-corrected chi connectivity index (χ4v) is 1.54. The summed E-state index contributed by atoms with van der Waals surface area (Å²) in [5.74, 6) is -0.174. The molecule has 0 saturated heterocycles. The Balaban J connectivity index is 1.95. The van der Waals surface area contributed by atoms with Gasteiger partial charge in [0.25, 0.3) is 11.5 Å². The Bertz CT molecular complexity index is 371. The Morgan fingerprint density at radius 2 is 2.62 bits per heavy atom. The molecule has 0 saturated carbocycles. The maximum atomic E-state index is 12.3. The quantitative estimate of drug-likeness (QED) is 0.805. The van der Waals surface area contributed by atoms with Gasteiger partial charge in [-0.2, -0.15) is 5.10 Å². The van der Waals surface area contributed by atoms with Crippen LogP contribution < -0.4 is 10.1 Å². The van der Waals surface area contributed by atoms with E-state index < -0.39 is 11.5 Å². The van der Waals surface area contributed by atoms with E-state index in [1.807, 2.05) is 0 Å². The van der Waals surface area contributed by atoms with Crippen LogP contribution in [0.4, 0.5) is 4.39 Å². The summed E-state index contributed by atoms with van der Waals surface area (Å²) in [6.07, 6.45) is 0.911. The van der Waals surface area contributed by atoms with Gasteiger partial charge in [-0.15, -0.1) is 0 Å². The van der Waals surface area contributed by atoms with Crippen LogP contribution in [-0.2, 0) is 17.9 Å². The highest BCUT2D eigenvalue weighted by Gasteiger charge is 2.16. The summed E-state index contributed by atoms with van der Waals surface area (Å²) in [6, 6.07) is 1.72. The Labute approximate surface area is 96.5 Å². The second-order valence-electron chi connectivity index (χ2n) is 3.42. The van der Waals surface area contributed by atoms with Crippen molar-refractivity contribution in [3.05, 3.63) is 11.8 Å². The normalized spacial score (nSPS) is 16.1. The zero-order valence-corrected chi connectivity index (χ0v) is 9.21. The van der Waals surface area contributed by atoms with Crippen LogP contribution >= 0.6 is 11.6 Å². The fraction of sp³-hybridized carbons (Fsp3) is 0.556. The molecule has 1 aliphatic heterocycles. The third-order valence-electron chi connectivity index (χ3n) is 2.20. The van der Waals surface area contributed by atoms with Gasteiger partial charge in [-0.05, 0) is 0 Å². The molecule has 0 bridgehead atoms. The lowest BCUT2D eigenvalue weighted by molar-refractivity contribution is -0.123. The van der Waals surface area contributed by atoms with Gasteiger partial charge in [0.05, 0.1) is 18.8 Å². The number of halogens is 2. The van der Waals surface area contributed by atoms with Crippen molar-refractivity contribution in [3.8, 4) is 5.88 Å². The predicted octanol–water partition coefficient (Wildman–Crippen LogP) is 0.816. The summed E-state index contributed by atoms with van der Waals surface area (Å²) >= 11 is 4.97. The minimum Gasteiger partial charge on any atom is -0.478 e. The third-order valence-corrected chi connectivity index (χ3v) is 2.40. The molecule has 1 aliphatic rings. The van der Waals surface area contributed by atoms with E-state index >= 15 is 0 Å². The van der Waals surface area contributed by atoms with Crippen molar-refractivity contribution in [3.63, 3.8) is 0 Å². The van der Waals surface area contributed by atoms with E-state index in [9.17, 15) is 9.18 Å². The number of amides is 1. The van der Waals surface area contributed by atoms with E-state index in [0.29, 0.717) is 18.2 Å². The van der Waals surface area contributed by atoms with Gasteiger partial charge in [0.2, 0.25) is 5.88 Å². The van der Waals surface area contributed by atoms with E-state index in [4.69, 9.17) is 16.3 Å². The van der Waals surface area contributed by atoms with E-state index in [2.05, 4.69) is 10.4 Å². The first kappa shape index (κ1) is 11.2. The smallest absolute Gasteiger partial charge is 0.270 e. The molecule has 1 N–H and O–H groups in total. The molecule has 1 amide bonds. The predicted molar refractivity (Wildman–Crippen MR) is 54.9 cm³/mol. The summed E-state index contributed by atoms with van der Waals surface area (Å²) in [7, 11) is 0. The lowest BCUT2D eigenvalue weighted by atomic mass is 10.4. The number of nitrogens with one attached hydrogen (secondary N) is 1. The SMILES string of the molecule is O=C(NCc1cc2n(n1)CCCO2)C(F)Cl. The molecule has 2 rings (SSSR count). The summed E-state index contributed by atoms with van der Waals surface area (Å²) in [6.45, 7) is 1.62. The first-order valence-corrected chi connectivity index (χ1v) is 5.36. The molecular weight excluding hydrogens is 237 g/mol. The van der Waals surface area contributed by atoms with Gasteiger partial charge in [-0.3, -0.25) is 4.79 Å². The molecule has 88 valence electrons.